The van der Waals surface area contributed by atoms with E-state index in [2.05, 4.69) is 36.3 Å². The first-order valence-corrected chi connectivity index (χ1v) is 11.9. The van der Waals surface area contributed by atoms with Crippen LogP contribution in [-0.2, 0) is 4.79 Å². The number of aromatic nitrogens is 1. The molecule has 1 unspecified atom stereocenters. The number of unbranched alkanes of at least 4 members (excludes halogenated alkanes) is 2. The highest BCUT2D eigenvalue weighted by Gasteiger charge is 2.34. The van der Waals surface area contributed by atoms with Gasteiger partial charge in [-0.3, -0.25) is 19.3 Å². The largest absolute Gasteiger partial charge is 0.302 e. The van der Waals surface area contributed by atoms with Crippen molar-refractivity contribution in [3.63, 3.8) is 0 Å². The fourth-order valence-corrected chi connectivity index (χ4v) is 4.82. The Balaban J connectivity index is 1.22. The van der Waals surface area contributed by atoms with Crippen LogP contribution in [0.3, 0.4) is 0 Å². The Kier molecular flexibility index (Phi) is 6.65. The molecule has 0 aliphatic carbocycles. The van der Waals surface area contributed by atoms with Gasteiger partial charge < -0.3 is 5.32 Å². The molecule has 3 amide bonds. The maximum Gasteiger partial charge on any atom is 0.261 e. The number of nitrogens with zero attached hydrogens (tertiary/aromatic N) is 2. The van der Waals surface area contributed by atoms with E-state index in [1.807, 2.05) is 6.07 Å². The minimum absolute atomic E-state index is 0.0630. The van der Waals surface area contributed by atoms with Crippen LogP contribution in [0.4, 0.5) is 5.13 Å². The normalized spacial score (nSPS) is 14.1. The Morgan fingerprint density at radius 1 is 1.06 bits per heavy atom. The topological polar surface area (TPSA) is 79.4 Å². The van der Waals surface area contributed by atoms with Crippen molar-refractivity contribution in [2.75, 3.05) is 11.9 Å². The summed E-state index contributed by atoms with van der Waals surface area (Å²) in [7, 11) is 0. The number of rotatable bonds is 9. The lowest BCUT2D eigenvalue weighted by molar-refractivity contribution is -0.116. The lowest BCUT2D eigenvalue weighted by Crippen LogP contribution is -2.30. The van der Waals surface area contributed by atoms with Crippen LogP contribution in [0.5, 0.6) is 0 Å². The van der Waals surface area contributed by atoms with Gasteiger partial charge >= 0.3 is 0 Å². The maximum absolute atomic E-state index is 12.4. The van der Waals surface area contributed by atoms with Gasteiger partial charge in [-0.25, -0.2) is 4.98 Å². The standard InChI is InChI=1S/C25H27N3O3S/c1-3-16(2)17-12-13-20-21(15-17)32-25(26-20)27-22(29)11-5-4-8-14-28-23(30)18-9-6-7-10-19(18)24(28)31/h6-7,9-10,12-13,15-16H,3-5,8,11,14H2,1-2H3,(H,26,27,29). The number of hydrogen-bond acceptors (Lipinski definition) is 5. The molecule has 0 fully saturated rings. The highest BCUT2D eigenvalue weighted by atomic mass is 32.1. The molecular weight excluding hydrogens is 422 g/mol. The van der Waals surface area contributed by atoms with Crippen LogP contribution in [0.25, 0.3) is 10.2 Å². The molecule has 4 rings (SSSR count). The van der Waals surface area contributed by atoms with E-state index in [9.17, 15) is 14.4 Å². The molecule has 1 atom stereocenters. The summed E-state index contributed by atoms with van der Waals surface area (Å²) in [6.45, 7) is 4.76. The number of hydrogen-bond donors (Lipinski definition) is 1. The molecule has 0 radical (unpaired) electrons. The van der Waals surface area contributed by atoms with E-state index in [1.54, 1.807) is 24.3 Å². The van der Waals surface area contributed by atoms with Crippen molar-refractivity contribution >= 4 is 44.4 Å². The van der Waals surface area contributed by atoms with E-state index in [0.29, 0.717) is 48.0 Å². The average molecular weight is 450 g/mol. The van der Waals surface area contributed by atoms with Crippen molar-refractivity contribution in [2.45, 2.75) is 51.9 Å². The van der Waals surface area contributed by atoms with Crippen molar-refractivity contribution < 1.29 is 14.4 Å². The Labute approximate surface area is 191 Å². The monoisotopic (exact) mass is 449 g/mol. The van der Waals surface area contributed by atoms with Gasteiger partial charge in [0, 0.05) is 13.0 Å². The minimum Gasteiger partial charge on any atom is -0.302 e. The van der Waals surface area contributed by atoms with Crippen LogP contribution in [0, 0.1) is 0 Å². The molecule has 2 aromatic carbocycles. The number of carbonyl (C=O) groups is 3. The van der Waals surface area contributed by atoms with Crippen LogP contribution < -0.4 is 5.32 Å². The lowest BCUT2D eigenvalue weighted by Gasteiger charge is -2.13. The van der Waals surface area contributed by atoms with Crippen molar-refractivity contribution in [3.8, 4) is 0 Å². The predicted octanol–water partition coefficient (Wildman–Crippen LogP) is 5.60. The Bertz CT molecular complexity index is 1140. The van der Waals surface area contributed by atoms with Gasteiger partial charge in [-0.05, 0) is 55.0 Å². The summed E-state index contributed by atoms with van der Waals surface area (Å²) >= 11 is 1.50. The molecule has 0 saturated carbocycles. The second-order valence-electron chi connectivity index (χ2n) is 8.22. The molecule has 32 heavy (non-hydrogen) atoms. The fourth-order valence-electron chi connectivity index (χ4n) is 3.89. The van der Waals surface area contributed by atoms with Crippen LogP contribution in [0.15, 0.2) is 42.5 Å². The Morgan fingerprint density at radius 2 is 1.78 bits per heavy atom. The molecule has 0 spiro atoms. The summed E-state index contributed by atoms with van der Waals surface area (Å²) in [5.74, 6) is -0.0156. The molecule has 7 heteroatoms. The van der Waals surface area contributed by atoms with Crippen molar-refractivity contribution in [3.05, 3.63) is 59.2 Å². The molecule has 166 valence electrons. The van der Waals surface area contributed by atoms with Crippen molar-refractivity contribution in [2.24, 2.45) is 0 Å². The molecular formula is C25H27N3O3S. The molecule has 2 heterocycles. The lowest BCUT2D eigenvalue weighted by atomic mass is 9.99. The number of benzene rings is 2. The van der Waals surface area contributed by atoms with Crippen molar-refractivity contribution in [1.82, 2.24) is 9.88 Å². The summed E-state index contributed by atoms with van der Waals surface area (Å²) in [5, 5.41) is 3.52. The number of imide groups is 1. The number of amides is 3. The Morgan fingerprint density at radius 3 is 2.47 bits per heavy atom. The van der Waals surface area contributed by atoms with Gasteiger partial charge in [0.15, 0.2) is 5.13 Å². The van der Waals surface area contributed by atoms with E-state index >= 15 is 0 Å². The highest BCUT2D eigenvalue weighted by molar-refractivity contribution is 7.22. The molecule has 6 nitrogen and oxygen atoms in total. The summed E-state index contributed by atoms with van der Waals surface area (Å²) in [6, 6.07) is 13.2. The van der Waals surface area contributed by atoms with Crippen molar-refractivity contribution in [1.29, 1.82) is 0 Å². The third-order valence-corrected chi connectivity index (χ3v) is 6.94. The third kappa shape index (κ3) is 4.58. The van der Waals surface area contributed by atoms with E-state index in [1.165, 1.54) is 21.8 Å². The first-order valence-electron chi connectivity index (χ1n) is 11.1. The average Bonchev–Trinajstić information content (AvgIpc) is 3.31. The summed E-state index contributed by atoms with van der Waals surface area (Å²) in [4.78, 5) is 42.9. The van der Waals surface area contributed by atoms with Gasteiger partial charge in [0.25, 0.3) is 11.8 Å². The molecule has 0 bridgehead atoms. The quantitative estimate of drug-likeness (QED) is 0.340. The zero-order valence-electron chi connectivity index (χ0n) is 18.4. The van der Waals surface area contributed by atoms with E-state index in [4.69, 9.17) is 0 Å². The van der Waals surface area contributed by atoms with Crippen LogP contribution in [-0.4, -0.2) is 34.2 Å². The summed E-state index contributed by atoms with van der Waals surface area (Å²) in [6.07, 6.45) is 3.60. The zero-order valence-corrected chi connectivity index (χ0v) is 19.2. The number of thiazole rings is 1. The first kappa shape index (κ1) is 22.1. The highest BCUT2D eigenvalue weighted by Crippen LogP contribution is 2.30. The molecule has 1 aromatic heterocycles. The molecule has 1 aliphatic rings. The van der Waals surface area contributed by atoms with Crippen LogP contribution in [0.2, 0.25) is 0 Å². The molecule has 1 aliphatic heterocycles. The molecule has 3 aromatic rings. The van der Waals surface area contributed by atoms with Gasteiger partial charge in [0.05, 0.1) is 21.3 Å². The van der Waals surface area contributed by atoms with Gasteiger partial charge in [-0.1, -0.05) is 49.8 Å². The summed E-state index contributed by atoms with van der Waals surface area (Å²) < 4.78 is 1.08. The fraction of sp³-hybridized carbons (Fsp3) is 0.360. The van der Waals surface area contributed by atoms with E-state index in [-0.39, 0.29) is 17.7 Å². The second-order valence-corrected chi connectivity index (χ2v) is 9.25. The minimum atomic E-state index is -0.226. The number of nitrogens with one attached hydrogen (secondary N) is 1. The molecule has 0 saturated heterocycles. The number of fused-ring (bicyclic) bond motifs is 2. The van der Waals surface area contributed by atoms with Crippen LogP contribution in [0.1, 0.15) is 78.1 Å². The smallest absolute Gasteiger partial charge is 0.261 e. The maximum atomic E-state index is 12.4. The predicted molar refractivity (Wildman–Crippen MR) is 127 cm³/mol. The molecule has 1 N–H and O–H groups in total. The van der Waals surface area contributed by atoms with Gasteiger partial charge in [-0.2, -0.15) is 0 Å². The third-order valence-electron chi connectivity index (χ3n) is 6.00. The summed E-state index contributed by atoms with van der Waals surface area (Å²) in [5.41, 5.74) is 3.14. The van der Waals surface area contributed by atoms with E-state index < -0.39 is 0 Å². The number of anilines is 1. The van der Waals surface area contributed by atoms with E-state index in [0.717, 1.165) is 23.1 Å². The first-order chi connectivity index (χ1) is 15.5. The zero-order chi connectivity index (χ0) is 22.7. The van der Waals surface area contributed by atoms with Crippen LogP contribution >= 0.6 is 11.3 Å². The van der Waals surface area contributed by atoms with Gasteiger partial charge in [0.2, 0.25) is 5.91 Å². The number of carbonyl (C=O) groups excluding carboxylic acids is 3. The second kappa shape index (κ2) is 9.61. The van der Waals surface area contributed by atoms with Gasteiger partial charge in [0.1, 0.15) is 0 Å². The van der Waals surface area contributed by atoms with Gasteiger partial charge in [-0.15, -0.1) is 0 Å². The SMILES string of the molecule is CCC(C)c1ccc2nc(NC(=O)CCCCCN3C(=O)c4ccccc4C3=O)sc2c1. The Hall–Kier alpha value is -3.06.